The summed E-state index contributed by atoms with van der Waals surface area (Å²) in [5.41, 5.74) is 0.609. The van der Waals surface area contributed by atoms with Crippen LogP contribution < -0.4 is 0 Å². The van der Waals surface area contributed by atoms with E-state index in [1.165, 1.54) is 0 Å². The van der Waals surface area contributed by atoms with Gasteiger partial charge >= 0.3 is 5.97 Å². The Bertz CT molecular complexity index is 602. The van der Waals surface area contributed by atoms with Gasteiger partial charge in [-0.15, -0.1) is 11.8 Å². The van der Waals surface area contributed by atoms with Gasteiger partial charge < -0.3 is 14.2 Å². The average molecular weight is 334 g/mol. The van der Waals surface area contributed by atoms with E-state index in [1.807, 2.05) is 43.8 Å². The Labute approximate surface area is 140 Å². The smallest absolute Gasteiger partial charge is 0.338 e. The molecule has 2 aliphatic heterocycles. The van der Waals surface area contributed by atoms with Crippen LogP contribution in [0.25, 0.3) is 0 Å². The molecular formula is C18H22O4S. The first kappa shape index (κ1) is 15.5. The Morgan fingerprint density at radius 2 is 2.04 bits per heavy atom. The van der Waals surface area contributed by atoms with E-state index in [9.17, 15) is 4.79 Å². The van der Waals surface area contributed by atoms with Crippen molar-refractivity contribution in [3.8, 4) is 0 Å². The standard InChI is InChI=1S/C18H22O4S/c1-17(2)21-13-11-23-18(15(13)22-17)10-6-9-14(18)20-16(19)12-7-4-3-5-8-12/h3-5,7-8,13-15H,6,9-11H2,1-2H3/t13-,14-,15-,18-/m0/s1. The van der Waals surface area contributed by atoms with Gasteiger partial charge in [0.15, 0.2) is 5.79 Å². The van der Waals surface area contributed by atoms with Crippen molar-refractivity contribution in [2.45, 2.75) is 62.0 Å². The number of ether oxygens (including phenoxy) is 3. The zero-order chi connectivity index (χ0) is 16.1. The molecule has 0 N–H and O–H groups in total. The Hall–Kier alpha value is -1.04. The lowest BCUT2D eigenvalue weighted by atomic mass is 9.94. The second kappa shape index (κ2) is 5.50. The highest BCUT2D eigenvalue weighted by Crippen LogP contribution is 2.56. The largest absolute Gasteiger partial charge is 0.457 e. The van der Waals surface area contributed by atoms with Crippen molar-refractivity contribution in [3.63, 3.8) is 0 Å². The fourth-order valence-electron chi connectivity index (χ4n) is 4.08. The zero-order valence-electron chi connectivity index (χ0n) is 13.5. The maximum absolute atomic E-state index is 12.5. The summed E-state index contributed by atoms with van der Waals surface area (Å²) < 4.78 is 18.0. The quantitative estimate of drug-likeness (QED) is 0.776. The molecule has 1 aromatic rings. The fraction of sp³-hybridized carbons (Fsp3) is 0.611. The summed E-state index contributed by atoms with van der Waals surface area (Å²) in [6, 6.07) is 9.21. The van der Waals surface area contributed by atoms with Crippen molar-refractivity contribution in [3.05, 3.63) is 35.9 Å². The molecule has 1 aliphatic carbocycles. The number of thioether (sulfide) groups is 1. The number of benzene rings is 1. The molecule has 0 unspecified atom stereocenters. The third kappa shape index (κ3) is 2.59. The van der Waals surface area contributed by atoms with Crippen LogP contribution in [0, 0.1) is 0 Å². The van der Waals surface area contributed by atoms with Crippen molar-refractivity contribution >= 4 is 17.7 Å². The second-order valence-electron chi connectivity index (χ2n) is 7.01. The highest BCUT2D eigenvalue weighted by molar-refractivity contribution is 8.01. The molecule has 0 amide bonds. The van der Waals surface area contributed by atoms with Gasteiger partial charge in [0.2, 0.25) is 0 Å². The average Bonchev–Trinajstić information content (AvgIpc) is 3.16. The van der Waals surface area contributed by atoms with Crippen molar-refractivity contribution in [1.82, 2.24) is 0 Å². The second-order valence-corrected chi connectivity index (χ2v) is 8.39. The van der Waals surface area contributed by atoms with Crippen LogP contribution in [0.3, 0.4) is 0 Å². The van der Waals surface area contributed by atoms with E-state index in [0.29, 0.717) is 5.56 Å². The summed E-state index contributed by atoms with van der Waals surface area (Å²) >= 11 is 1.86. The zero-order valence-corrected chi connectivity index (χ0v) is 14.3. The first-order valence-corrected chi connectivity index (χ1v) is 9.24. The van der Waals surface area contributed by atoms with Gasteiger partial charge in [-0.25, -0.2) is 4.79 Å². The molecule has 2 saturated heterocycles. The van der Waals surface area contributed by atoms with Gasteiger partial charge in [0.25, 0.3) is 0 Å². The highest BCUT2D eigenvalue weighted by atomic mass is 32.2. The Balaban J connectivity index is 1.54. The maximum Gasteiger partial charge on any atom is 0.338 e. The van der Waals surface area contributed by atoms with Gasteiger partial charge in [0.1, 0.15) is 12.2 Å². The lowest BCUT2D eigenvalue weighted by molar-refractivity contribution is -0.151. The molecule has 4 rings (SSSR count). The summed E-state index contributed by atoms with van der Waals surface area (Å²) in [5.74, 6) is 0.131. The van der Waals surface area contributed by atoms with Crippen LogP contribution in [0.4, 0.5) is 0 Å². The highest BCUT2D eigenvalue weighted by Gasteiger charge is 2.63. The number of hydrogen-bond donors (Lipinski definition) is 0. The van der Waals surface area contributed by atoms with Gasteiger partial charge in [-0.3, -0.25) is 0 Å². The number of fused-ring (bicyclic) bond motifs is 2. The minimum absolute atomic E-state index is 0.0126. The number of carbonyl (C=O) groups is 1. The first-order chi connectivity index (χ1) is 11.0. The predicted molar refractivity (Wildman–Crippen MR) is 88.5 cm³/mol. The molecule has 0 radical (unpaired) electrons. The SMILES string of the molecule is CC1(C)O[C@H]2CS[C@]3(CCC[C@@H]3OC(=O)c3ccccc3)[C@H]2O1. The topological polar surface area (TPSA) is 44.8 Å². The van der Waals surface area contributed by atoms with Gasteiger partial charge in [0.05, 0.1) is 16.4 Å². The van der Waals surface area contributed by atoms with Crippen molar-refractivity contribution in [2.24, 2.45) is 0 Å². The third-order valence-corrected chi connectivity index (χ3v) is 6.75. The minimum atomic E-state index is -0.542. The van der Waals surface area contributed by atoms with Gasteiger partial charge in [0, 0.05) is 5.75 Å². The fourth-order valence-corrected chi connectivity index (χ4v) is 5.80. The minimum Gasteiger partial charge on any atom is -0.457 e. The molecule has 23 heavy (non-hydrogen) atoms. The van der Waals surface area contributed by atoms with E-state index in [2.05, 4.69) is 0 Å². The molecule has 1 spiro atoms. The van der Waals surface area contributed by atoms with E-state index in [1.54, 1.807) is 12.1 Å². The third-order valence-electron chi connectivity index (χ3n) is 5.02. The molecule has 0 bridgehead atoms. The van der Waals surface area contributed by atoms with Crippen LogP contribution in [0.5, 0.6) is 0 Å². The van der Waals surface area contributed by atoms with E-state index in [-0.39, 0.29) is 29.0 Å². The molecule has 1 aromatic carbocycles. The van der Waals surface area contributed by atoms with Crippen LogP contribution in [-0.2, 0) is 14.2 Å². The number of esters is 1. The molecule has 4 nitrogen and oxygen atoms in total. The summed E-state index contributed by atoms with van der Waals surface area (Å²) in [7, 11) is 0. The van der Waals surface area contributed by atoms with E-state index in [0.717, 1.165) is 25.0 Å². The van der Waals surface area contributed by atoms with Gasteiger partial charge in [-0.1, -0.05) is 18.2 Å². The summed E-state index contributed by atoms with van der Waals surface area (Å²) in [4.78, 5) is 12.5. The van der Waals surface area contributed by atoms with E-state index >= 15 is 0 Å². The van der Waals surface area contributed by atoms with Crippen molar-refractivity contribution < 1.29 is 19.0 Å². The molecule has 4 atom stereocenters. The van der Waals surface area contributed by atoms with Crippen LogP contribution in [0.1, 0.15) is 43.5 Å². The predicted octanol–water partition coefficient (Wildman–Crippen LogP) is 3.40. The maximum atomic E-state index is 12.5. The van der Waals surface area contributed by atoms with Crippen molar-refractivity contribution in [1.29, 1.82) is 0 Å². The number of hydrogen-bond acceptors (Lipinski definition) is 5. The molecule has 1 saturated carbocycles. The van der Waals surface area contributed by atoms with Crippen LogP contribution in [0.2, 0.25) is 0 Å². The van der Waals surface area contributed by atoms with E-state index in [4.69, 9.17) is 14.2 Å². The molecule has 3 fully saturated rings. The van der Waals surface area contributed by atoms with Crippen LogP contribution >= 0.6 is 11.8 Å². The van der Waals surface area contributed by atoms with E-state index < -0.39 is 5.79 Å². The summed E-state index contributed by atoms with van der Waals surface area (Å²) in [6.45, 7) is 3.92. The number of rotatable bonds is 2. The lowest BCUT2D eigenvalue weighted by Gasteiger charge is -2.35. The molecular weight excluding hydrogens is 312 g/mol. The molecule has 124 valence electrons. The number of carbonyl (C=O) groups excluding carboxylic acids is 1. The van der Waals surface area contributed by atoms with Gasteiger partial charge in [-0.2, -0.15) is 0 Å². The summed E-state index contributed by atoms with van der Waals surface area (Å²) in [6.07, 6.45) is 2.99. The first-order valence-electron chi connectivity index (χ1n) is 8.26. The monoisotopic (exact) mass is 334 g/mol. The van der Waals surface area contributed by atoms with Crippen molar-refractivity contribution in [2.75, 3.05) is 5.75 Å². The van der Waals surface area contributed by atoms with Crippen LogP contribution in [-0.4, -0.2) is 40.6 Å². The Kier molecular flexibility index (Phi) is 3.70. The Morgan fingerprint density at radius 1 is 1.26 bits per heavy atom. The molecule has 0 aromatic heterocycles. The van der Waals surface area contributed by atoms with Crippen LogP contribution in [0.15, 0.2) is 30.3 Å². The molecule has 2 heterocycles. The summed E-state index contributed by atoms with van der Waals surface area (Å²) in [5, 5.41) is 0. The molecule has 5 heteroatoms. The van der Waals surface area contributed by atoms with Gasteiger partial charge in [-0.05, 0) is 45.2 Å². The normalized spacial score (nSPS) is 37.9. The molecule has 3 aliphatic rings. The Morgan fingerprint density at radius 3 is 2.83 bits per heavy atom. The lowest BCUT2D eigenvalue weighted by Crippen LogP contribution is -2.47.